The first kappa shape index (κ1) is 14.4. The number of rotatable bonds is 6. The molecule has 1 heterocycles. The van der Waals surface area contributed by atoms with Gasteiger partial charge in [-0.05, 0) is 31.5 Å². The van der Waals surface area contributed by atoms with Crippen molar-refractivity contribution in [2.45, 2.75) is 18.5 Å². The topological polar surface area (TPSA) is 63.7 Å². The van der Waals surface area contributed by atoms with Crippen molar-refractivity contribution in [3.8, 4) is 11.8 Å². The zero-order valence-corrected chi connectivity index (χ0v) is 12.4. The van der Waals surface area contributed by atoms with E-state index in [-0.39, 0.29) is 0 Å². The van der Waals surface area contributed by atoms with Crippen LogP contribution in [0.2, 0.25) is 0 Å². The lowest BCUT2D eigenvalue weighted by atomic mass is 10.2. The summed E-state index contributed by atoms with van der Waals surface area (Å²) in [5.41, 5.74) is 0.617. The Labute approximate surface area is 122 Å². The van der Waals surface area contributed by atoms with E-state index < -0.39 is 0 Å². The first-order valence-corrected chi connectivity index (χ1v) is 7.31. The van der Waals surface area contributed by atoms with E-state index in [0.717, 1.165) is 28.9 Å². The maximum Gasteiger partial charge on any atom is 0.190 e. The minimum Gasteiger partial charge on any atom is -0.494 e. The predicted molar refractivity (Wildman–Crippen MR) is 77.7 cm³/mol. The summed E-state index contributed by atoms with van der Waals surface area (Å²) in [4.78, 5) is 0. The first-order chi connectivity index (χ1) is 9.70. The Balaban J connectivity index is 1.71. The third-order valence-electron chi connectivity index (χ3n) is 2.80. The van der Waals surface area contributed by atoms with Crippen LogP contribution in [0.25, 0.3) is 0 Å². The predicted octanol–water partition coefficient (Wildman–Crippen LogP) is 2.56. The molecule has 0 aliphatic heterocycles. The maximum atomic E-state index is 8.80. The third kappa shape index (κ3) is 3.75. The summed E-state index contributed by atoms with van der Waals surface area (Å²) in [6.45, 7) is 2.56. The molecule has 5 nitrogen and oxygen atoms in total. The van der Waals surface area contributed by atoms with Crippen LogP contribution in [-0.2, 0) is 7.05 Å². The number of aryl methyl sites for hydroxylation is 1. The quantitative estimate of drug-likeness (QED) is 0.604. The van der Waals surface area contributed by atoms with Gasteiger partial charge < -0.3 is 9.30 Å². The number of hydrogen-bond acceptors (Lipinski definition) is 5. The van der Waals surface area contributed by atoms with E-state index in [1.54, 1.807) is 23.9 Å². The van der Waals surface area contributed by atoms with Crippen LogP contribution in [0.4, 0.5) is 0 Å². The van der Waals surface area contributed by atoms with Gasteiger partial charge >= 0.3 is 0 Å². The number of benzene rings is 1. The van der Waals surface area contributed by atoms with Gasteiger partial charge in [0, 0.05) is 12.8 Å². The van der Waals surface area contributed by atoms with Crippen molar-refractivity contribution in [2.75, 3.05) is 12.4 Å². The van der Waals surface area contributed by atoms with E-state index >= 15 is 0 Å². The molecular formula is C14H16N4OS. The Morgan fingerprint density at radius 2 is 2.25 bits per heavy atom. The van der Waals surface area contributed by atoms with E-state index in [2.05, 4.69) is 16.3 Å². The molecule has 0 bridgehead atoms. The second kappa shape index (κ2) is 6.96. The zero-order chi connectivity index (χ0) is 14.4. The van der Waals surface area contributed by atoms with Crippen molar-refractivity contribution in [2.24, 2.45) is 7.05 Å². The Bertz CT molecular complexity index is 618. The number of nitrogens with zero attached hydrogens (tertiary/aromatic N) is 4. The van der Waals surface area contributed by atoms with Gasteiger partial charge in [-0.2, -0.15) is 5.26 Å². The van der Waals surface area contributed by atoms with Gasteiger partial charge in [-0.15, -0.1) is 10.2 Å². The van der Waals surface area contributed by atoms with Gasteiger partial charge in [0.25, 0.3) is 0 Å². The van der Waals surface area contributed by atoms with Crippen molar-refractivity contribution in [3.05, 3.63) is 35.7 Å². The van der Waals surface area contributed by atoms with E-state index in [1.165, 1.54) is 0 Å². The molecule has 2 rings (SSSR count). The summed E-state index contributed by atoms with van der Waals surface area (Å²) >= 11 is 1.67. The Hall–Kier alpha value is -2.00. The second-order valence-corrected chi connectivity index (χ2v) is 5.34. The number of hydrogen-bond donors (Lipinski definition) is 0. The largest absolute Gasteiger partial charge is 0.494 e. The SMILES string of the molecule is Cc1nnc(SCCCOc2cccc(C#N)c2)n1C. The molecule has 1 aromatic carbocycles. The van der Waals surface area contributed by atoms with Gasteiger partial charge in [0.1, 0.15) is 11.6 Å². The van der Waals surface area contributed by atoms with E-state index in [9.17, 15) is 0 Å². The van der Waals surface area contributed by atoms with Gasteiger partial charge in [-0.1, -0.05) is 17.8 Å². The highest BCUT2D eigenvalue weighted by Crippen LogP contribution is 2.17. The molecule has 0 saturated heterocycles. The molecule has 0 atom stereocenters. The van der Waals surface area contributed by atoms with Crippen molar-refractivity contribution in [1.29, 1.82) is 5.26 Å². The zero-order valence-electron chi connectivity index (χ0n) is 11.5. The number of aromatic nitrogens is 3. The smallest absolute Gasteiger partial charge is 0.190 e. The van der Waals surface area contributed by atoms with Crippen LogP contribution in [0.1, 0.15) is 17.8 Å². The fourth-order valence-corrected chi connectivity index (χ4v) is 2.45. The lowest BCUT2D eigenvalue weighted by Gasteiger charge is -2.06. The highest BCUT2D eigenvalue weighted by atomic mass is 32.2. The monoisotopic (exact) mass is 288 g/mol. The average molecular weight is 288 g/mol. The summed E-state index contributed by atoms with van der Waals surface area (Å²) in [7, 11) is 1.96. The molecule has 0 unspecified atom stereocenters. The van der Waals surface area contributed by atoms with Crippen molar-refractivity contribution >= 4 is 11.8 Å². The standard InChI is InChI=1S/C14H16N4OS/c1-11-16-17-14(18(11)2)20-8-4-7-19-13-6-3-5-12(9-13)10-15/h3,5-6,9H,4,7-8H2,1-2H3. The Kier molecular flexibility index (Phi) is 5.02. The highest BCUT2D eigenvalue weighted by Gasteiger charge is 2.04. The molecule has 2 aromatic rings. The lowest BCUT2D eigenvalue weighted by molar-refractivity contribution is 0.318. The number of thioether (sulfide) groups is 1. The first-order valence-electron chi connectivity index (χ1n) is 6.32. The van der Waals surface area contributed by atoms with Gasteiger partial charge in [0.05, 0.1) is 18.2 Å². The fraction of sp³-hybridized carbons (Fsp3) is 0.357. The van der Waals surface area contributed by atoms with Gasteiger partial charge in [0.2, 0.25) is 0 Å². The lowest BCUT2D eigenvalue weighted by Crippen LogP contribution is -2.00. The van der Waals surface area contributed by atoms with Crippen LogP contribution < -0.4 is 4.74 Å². The van der Waals surface area contributed by atoms with Crippen molar-refractivity contribution in [3.63, 3.8) is 0 Å². The summed E-state index contributed by atoms with van der Waals surface area (Å²) in [6.07, 6.45) is 0.910. The van der Waals surface area contributed by atoms with E-state index in [1.807, 2.05) is 30.7 Å². The number of ether oxygens (including phenoxy) is 1. The molecule has 20 heavy (non-hydrogen) atoms. The Morgan fingerprint density at radius 3 is 2.95 bits per heavy atom. The maximum absolute atomic E-state index is 8.80. The van der Waals surface area contributed by atoms with Gasteiger partial charge in [0.15, 0.2) is 5.16 Å². The van der Waals surface area contributed by atoms with Crippen molar-refractivity contribution < 1.29 is 4.74 Å². The van der Waals surface area contributed by atoms with Crippen LogP contribution >= 0.6 is 11.8 Å². The van der Waals surface area contributed by atoms with E-state index in [0.29, 0.717) is 12.2 Å². The molecule has 0 spiro atoms. The summed E-state index contributed by atoms with van der Waals surface area (Å²) in [5.74, 6) is 2.57. The highest BCUT2D eigenvalue weighted by molar-refractivity contribution is 7.99. The number of nitriles is 1. The molecule has 0 N–H and O–H groups in total. The molecule has 1 aromatic heterocycles. The molecule has 0 aliphatic carbocycles. The molecule has 0 radical (unpaired) electrons. The van der Waals surface area contributed by atoms with Crippen LogP contribution in [0.5, 0.6) is 5.75 Å². The van der Waals surface area contributed by atoms with Gasteiger partial charge in [-0.3, -0.25) is 0 Å². The molecule has 0 amide bonds. The Morgan fingerprint density at radius 1 is 1.40 bits per heavy atom. The molecule has 0 fully saturated rings. The van der Waals surface area contributed by atoms with Crippen LogP contribution in [0.15, 0.2) is 29.4 Å². The minimum atomic E-state index is 0.617. The van der Waals surface area contributed by atoms with Crippen LogP contribution in [-0.4, -0.2) is 27.1 Å². The fourth-order valence-electron chi connectivity index (χ4n) is 1.58. The minimum absolute atomic E-state index is 0.617. The molecule has 0 aliphatic rings. The normalized spacial score (nSPS) is 10.2. The average Bonchev–Trinajstić information content (AvgIpc) is 2.79. The molecular weight excluding hydrogens is 272 g/mol. The van der Waals surface area contributed by atoms with Crippen LogP contribution in [0, 0.1) is 18.3 Å². The molecule has 6 heteroatoms. The second-order valence-electron chi connectivity index (χ2n) is 4.28. The summed E-state index contributed by atoms with van der Waals surface area (Å²) in [5, 5.41) is 17.8. The van der Waals surface area contributed by atoms with Gasteiger partial charge in [-0.25, -0.2) is 0 Å². The van der Waals surface area contributed by atoms with Crippen LogP contribution in [0.3, 0.4) is 0 Å². The van der Waals surface area contributed by atoms with E-state index in [4.69, 9.17) is 10.00 Å². The third-order valence-corrected chi connectivity index (χ3v) is 3.91. The summed E-state index contributed by atoms with van der Waals surface area (Å²) in [6, 6.07) is 9.29. The molecule has 0 saturated carbocycles. The van der Waals surface area contributed by atoms with Crippen molar-refractivity contribution in [1.82, 2.24) is 14.8 Å². The summed E-state index contributed by atoms with van der Waals surface area (Å²) < 4.78 is 7.59. The molecule has 104 valence electrons.